The van der Waals surface area contributed by atoms with E-state index in [1.54, 1.807) is 12.1 Å². The first-order valence-electron chi connectivity index (χ1n) is 11.8. The number of halogens is 1. The van der Waals surface area contributed by atoms with E-state index in [1.807, 2.05) is 6.07 Å². The molecule has 0 spiro atoms. The van der Waals surface area contributed by atoms with E-state index in [2.05, 4.69) is 12.2 Å². The van der Waals surface area contributed by atoms with E-state index in [4.69, 9.17) is 5.11 Å². The number of carbonyl (C=O) groups is 1. The Balaban J connectivity index is 0.00000420. The normalized spacial score (nSPS) is 14.9. The van der Waals surface area contributed by atoms with Crippen molar-refractivity contribution in [2.24, 2.45) is 0 Å². The molecule has 0 unspecified atom stereocenters. The predicted molar refractivity (Wildman–Crippen MR) is 127 cm³/mol. The highest BCUT2D eigenvalue weighted by atomic mass is 35.5. The number of anilines is 1. The van der Waals surface area contributed by atoms with Crippen LogP contribution in [0.15, 0.2) is 18.2 Å². The van der Waals surface area contributed by atoms with Crippen molar-refractivity contribution >= 4 is 24.1 Å². The number of benzene rings is 1. The molecule has 3 nitrogen and oxygen atoms in total. The highest BCUT2D eigenvalue weighted by Gasteiger charge is 2.22. The number of aromatic carboxylic acids is 1. The maximum atomic E-state index is 11.1. The summed E-state index contributed by atoms with van der Waals surface area (Å²) in [7, 11) is 0. The molecule has 1 aliphatic heterocycles. The van der Waals surface area contributed by atoms with Gasteiger partial charge in [-0.25, -0.2) is 4.79 Å². The van der Waals surface area contributed by atoms with Crippen molar-refractivity contribution in [1.82, 2.24) is 0 Å². The number of rotatable bonds is 16. The van der Waals surface area contributed by atoms with E-state index in [0.717, 1.165) is 12.2 Å². The number of carboxylic acids is 1. The van der Waals surface area contributed by atoms with Crippen LogP contribution in [0.25, 0.3) is 0 Å². The summed E-state index contributed by atoms with van der Waals surface area (Å²) in [4.78, 5) is 11.1. The average molecular weight is 424 g/mol. The number of carboxylic acid groups (broad SMARTS) is 1. The van der Waals surface area contributed by atoms with Crippen molar-refractivity contribution < 1.29 is 9.90 Å². The molecule has 0 radical (unpaired) electrons. The molecule has 4 heteroatoms. The van der Waals surface area contributed by atoms with Crippen molar-refractivity contribution in [3.8, 4) is 0 Å². The van der Waals surface area contributed by atoms with Gasteiger partial charge in [-0.3, -0.25) is 0 Å². The Morgan fingerprint density at radius 2 is 1.41 bits per heavy atom. The Morgan fingerprint density at radius 1 is 0.897 bits per heavy atom. The van der Waals surface area contributed by atoms with Crippen molar-refractivity contribution in [2.75, 3.05) is 11.9 Å². The van der Waals surface area contributed by atoms with Crippen LogP contribution in [-0.2, 0) is 0 Å². The van der Waals surface area contributed by atoms with Gasteiger partial charge in [-0.15, -0.1) is 12.4 Å². The van der Waals surface area contributed by atoms with Crippen LogP contribution >= 0.6 is 12.4 Å². The van der Waals surface area contributed by atoms with Gasteiger partial charge in [0.15, 0.2) is 0 Å². The second-order valence-electron chi connectivity index (χ2n) is 8.57. The molecule has 0 fully saturated rings. The Labute approximate surface area is 184 Å². The van der Waals surface area contributed by atoms with E-state index in [0.29, 0.717) is 11.5 Å². The third-order valence-electron chi connectivity index (χ3n) is 6.19. The van der Waals surface area contributed by atoms with Gasteiger partial charge in [0.25, 0.3) is 0 Å². The minimum absolute atomic E-state index is 0. The second-order valence-corrected chi connectivity index (χ2v) is 8.57. The molecular weight excluding hydrogens is 382 g/mol. The van der Waals surface area contributed by atoms with E-state index in [-0.39, 0.29) is 12.4 Å². The molecule has 0 aromatic heterocycles. The monoisotopic (exact) mass is 423 g/mol. The van der Waals surface area contributed by atoms with Crippen molar-refractivity contribution in [2.45, 2.75) is 109 Å². The third-order valence-corrected chi connectivity index (χ3v) is 6.19. The van der Waals surface area contributed by atoms with Crippen LogP contribution < -0.4 is 5.32 Å². The number of nitrogens with one attached hydrogen (secondary N) is 1. The van der Waals surface area contributed by atoms with Crippen molar-refractivity contribution in [3.63, 3.8) is 0 Å². The number of hydrogen-bond donors (Lipinski definition) is 2. The summed E-state index contributed by atoms with van der Waals surface area (Å²) >= 11 is 0. The van der Waals surface area contributed by atoms with Gasteiger partial charge in [0.1, 0.15) is 0 Å². The fourth-order valence-electron chi connectivity index (χ4n) is 4.38. The first-order chi connectivity index (χ1) is 13.7. The molecule has 1 aromatic rings. The van der Waals surface area contributed by atoms with Crippen LogP contribution in [0, 0.1) is 0 Å². The largest absolute Gasteiger partial charge is 0.478 e. The molecule has 2 rings (SSSR count). The zero-order chi connectivity index (χ0) is 20.0. The summed E-state index contributed by atoms with van der Waals surface area (Å²) in [6.45, 7) is 3.24. The fraction of sp³-hybridized carbons (Fsp3) is 0.720. The van der Waals surface area contributed by atoms with Crippen LogP contribution in [0.2, 0.25) is 0 Å². The Morgan fingerprint density at radius 3 is 1.93 bits per heavy atom. The third kappa shape index (κ3) is 9.89. The molecule has 0 aliphatic carbocycles. The fourth-order valence-corrected chi connectivity index (χ4v) is 4.38. The molecule has 1 heterocycles. The van der Waals surface area contributed by atoms with Crippen LogP contribution in [0.1, 0.15) is 125 Å². The molecule has 1 aliphatic rings. The summed E-state index contributed by atoms with van der Waals surface area (Å²) in [5.74, 6) is -0.296. The van der Waals surface area contributed by atoms with Gasteiger partial charge in [0.2, 0.25) is 0 Å². The van der Waals surface area contributed by atoms with Crippen LogP contribution in [0.3, 0.4) is 0 Å². The van der Waals surface area contributed by atoms with Crippen LogP contribution in [-0.4, -0.2) is 17.6 Å². The zero-order valence-electron chi connectivity index (χ0n) is 18.4. The van der Waals surface area contributed by atoms with E-state index >= 15 is 0 Å². The number of unbranched alkanes of at least 4 members (excludes halogenated alkanes) is 13. The first kappa shape index (κ1) is 25.8. The van der Waals surface area contributed by atoms with E-state index in [9.17, 15) is 4.79 Å². The zero-order valence-corrected chi connectivity index (χ0v) is 19.2. The summed E-state index contributed by atoms with van der Waals surface area (Å²) in [5.41, 5.74) is 2.71. The van der Waals surface area contributed by atoms with Gasteiger partial charge in [-0.1, -0.05) is 103 Å². The average Bonchev–Trinajstić information content (AvgIpc) is 3.10. The summed E-state index contributed by atoms with van der Waals surface area (Å²) in [6.07, 6.45) is 20.8. The molecule has 0 saturated carbocycles. The lowest BCUT2D eigenvalue weighted by Crippen LogP contribution is -2.01. The molecule has 0 saturated heterocycles. The van der Waals surface area contributed by atoms with Gasteiger partial charge >= 0.3 is 5.97 Å². The molecule has 29 heavy (non-hydrogen) atoms. The second kappa shape index (κ2) is 15.6. The van der Waals surface area contributed by atoms with E-state index in [1.165, 1.54) is 102 Å². The Kier molecular flexibility index (Phi) is 13.9. The van der Waals surface area contributed by atoms with Crippen LogP contribution in [0.5, 0.6) is 0 Å². The molecule has 1 atom stereocenters. The predicted octanol–water partition coefficient (Wildman–Crippen LogP) is 8.19. The van der Waals surface area contributed by atoms with Gasteiger partial charge in [0.05, 0.1) is 5.56 Å². The molecule has 0 bridgehead atoms. The standard InChI is InChI=1S/C25H41NO2.ClH/c1-2-3-4-5-6-7-8-9-10-11-12-13-14-15-16-22-20-26-24-19-21(25(27)28)17-18-23(22)24;/h17-19,22,26H,2-16,20H2,1H3,(H,27,28);1H/t22-;/m1./s1. The number of hydrogen-bond acceptors (Lipinski definition) is 2. The Hall–Kier alpha value is -1.22. The van der Waals surface area contributed by atoms with Gasteiger partial charge < -0.3 is 10.4 Å². The minimum Gasteiger partial charge on any atom is -0.478 e. The molecule has 166 valence electrons. The van der Waals surface area contributed by atoms with Crippen molar-refractivity contribution in [1.29, 1.82) is 0 Å². The van der Waals surface area contributed by atoms with E-state index < -0.39 is 5.97 Å². The quantitative estimate of drug-likeness (QED) is 0.263. The van der Waals surface area contributed by atoms with Crippen LogP contribution in [0.4, 0.5) is 5.69 Å². The molecule has 1 aromatic carbocycles. The van der Waals surface area contributed by atoms with Crippen molar-refractivity contribution in [3.05, 3.63) is 29.3 Å². The highest BCUT2D eigenvalue weighted by molar-refractivity contribution is 5.89. The van der Waals surface area contributed by atoms with Gasteiger partial charge in [0, 0.05) is 18.2 Å². The lowest BCUT2D eigenvalue weighted by molar-refractivity contribution is 0.0697. The van der Waals surface area contributed by atoms with Gasteiger partial charge in [-0.2, -0.15) is 0 Å². The topological polar surface area (TPSA) is 49.3 Å². The molecule has 2 N–H and O–H groups in total. The smallest absolute Gasteiger partial charge is 0.335 e. The maximum Gasteiger partial charge on any atom is 0.335 e. The highest BCUT2D eigenvalue weighted by Crippen LogP contribution is 2.35. The lowest BCUT2D eigenvalue weighted by Gasteiger charge is -2.10. The summed E-state index contributed by atoms with van der Waals surface area (Å²) in [6, 6.07) is 5.53. The number of fused-ring (bicyclic) bond motifs is 1. The summed E-state index contributed by atoms with van der Waals surface area (Å²) in [5, 5.41) is 12.5. The molecular formula is C25H42ClNO2. The van der Waals surface area contributed by atoms with Gasteiger partial charge in [-0.05, 0) is 24.1 Å². The molecule has 0 amide bonds. The maximum absolute atomic E-state index is 11.1. The SMILES string of the molecule is CCCCCCCCCCCCCCCC[C@@H]1CNc2cc(C(=O)O)ccc21.Cl. The summed E-state index contributed by atoms with van der Waals surface area (Å²) < 4.78 is 0. The minimum atomic E-state index is -0.847. The lowest BCUT2D eigenvalue weighted by atomic mass is 9.94. The first-order valence-corrected chi connectivity index (χ1v) is 11.8. The Bertz CT molecular complexity index is 576.